The van der Waals surface area contributed by atoms with Gasteiger partial charge < -0.3 is 0 Å². The summed E-state index contributed by atoms with van der Waals surface area (Å²) in [7, 11) is 0. The minimum absolute atomic E-state index is 0.228. The van der Waals surface area contributed by atoms with E-state index >= 15 is 0 Å². The van der Waals surface area contributed by atoms with Gasteiger partial charge in [-0.15, -0.1) is 0 Å². The number of hydrogen-bond acceptors (Lipinski definition) is 2. The summed E-state index contributed by atoms with van der Waals surface area (Å²) < 4.78 is 6.67. The minimum atomic E-state index is -0.228. The first-order valence-electron chi connectivity index (χ1n) is 8.08. The standard InChI is InChI=1S/C19H21OS2/c1-14-7-6-8-15(13-14)20-22-18-11-4-2-9-16(18)21-17-10-3-5-12-19(17)22/h2-5,9-12,14-15H,6-8,13H2,1H3/q+1/t14-,15-/m0/s1. The molecule has 0 bridgehead atoms. The van der Waals surface area contributed by atoms with Gasteiger partial charge in [-0.2, -0.15) is 4.18 Å². The summed E-state index contributed by atoms with van der Waals surface area (Å²) in [6.07, 6.45) is 5.50. The second kappa shape index (κ2) is 6.31. The third-order valence-corrected chi connectivity index (χ3v) is 7.82. The molecule has 1 aliphatic heterocycles. The normalized spacial score (nSPS) is 24.6. The third-order valence-electron chi connectivity index (χ3n) is 4.44. The fourth-order valence-electron chi connectivity index (χ4n) is 3.32. The van der Waals surface area contributed by atoms with Crippen molar-refractivity contribution in [3.63, 3.8) is 0 Å². The van der Waals surface area contributed by atoms with E-state index in [-0.39, 0.29) is 11.2 Å². The maximum Gasteiger partial charge on any atom is 0.225 e. The largest absolute Gasteiger partial charge is 0.225 e. The van der Waals surface area contributed by atoms with Crippen LogP contribution in [0.15, 0.2) is 68.1 Å². The van der Waals surface area contributed by atoms with Gasteiger partial charge in [0.05, 0.1) is 9.79 Å². The van der Waals surface area contributed by atoms with Crippen molar-refractivity contribution in [2.24, 2.45) is 5.92 Å². The van der Waals surface area contributed by atoms with Crippen molar-refractivity contribution in [2.75, 3.05) is 0 Å². The van der Waals surface area contributed by atoms with E-state index in [1.165, 1.54) is 45.3 Å². The molecule has 0 unspecified atom stereocenters. The van der Waals surface area contributed by atoms with Gasteiger partial charge in [0, 0.05) is 0 Å². The van der Waals surface area contributed by atoms with Crippen LogP contribution in [0.3, 0.4) is 0 Å². The molecule has 0 spiro atoms. The lowest BCUT2D eigenvalue weighted by atomic mass is 9.89. The summed E-state index contributed by atoms with van der Waals surface area (Å²) in [5, 5.41) is 0. The van der Waals surface area contributed by atoms with E-state index in [9.17, 15) is 0 Å². The molecule has 0 N–H and O–H groups in total. The monoisotopic (exact) mass is 329 g/mol. The number of rotatable bonds is 2. The third kappa shape index (κ3) is 2.82. The van der Waals surface area contributed by atoms with E-state index in [2.05, 4.69) is 55.5 Å². The zero-order valence-electron chi connectivity index (χ0n) is 12.8. The molecule has 0 amide bonds. The molecule has 3 heteroatoms. The van der Waals surface area contributed by atoms with Crippen LogP contribution in [0, 0.1) is 5.92 Å². The average Bonchev–Trinajstić information content (AvgIpc) is 2.55. The molecule has 4 rings (SSSR count). The summed E-state index contributed by atoms with van der Waals surface area (Å²) in [6.45, 7) is 2.36. The second-order valence-corrected chi connectivity index (χ2v) is 8.95. The molecule has 2 aliphatic rings. The molecule has 1 aliphatic carbocycles. The fraction of sp³-hybridized carbons (Fsp3) is 0.368. The van der Waals surface area contributed by atoms with Crippen molar-refractivity contribution >= 4 is 22.9 Å². The first kappa shape index (κ1) is 14.7. The Kier molecular flexibility index (Phi) is 4.21. The molecule has 2 aromatic rings. The van der Waals surface area contributed by atoms with Gasteiger partial charge in [-0.25, -0.2) is 0 Å². The van der Waals surface area contributed by atoms with Crippen LogP contribution in [-0.2, 0) is 15.4 Å². The van der Waals surface area contributed by atoms with Gasteiger partial charge >= 0.3 is 0 Å². The topological polar surface area (TPSA) is 9.23 Å². The quantitative estimate of drug-likeness (QED) is 0.654. The fourth-order valence-corrected chi connectivity index (χ4v) is 6.69. The summed E-state index contributed by atoms with van der Waals surface area (Å²) >= 11 is 1.65. The predicted octanol–water partition coefficient (Wildman–Crippen LogP) is 5.70. The van der Waals surface area contributed by atoms with Gasteiger partial charge in [0.1, 0.15) is 6.10 Å². The molecule has 1 nitrogen and oxygen atoms in total. The van der Waals surface area contributed by atoms with E-state index in [1.54, 1.807) is 0 Å². The zero-order chi connectivity index (χ0) is 14.9. The van der Waals surface area contributed by atoms with Crippen LogP contribution in [0.25, 0.3) is 0 Å². The van der Waals surface area contributed by atoms with Crippen molar-refractivity contribution in [3.8, 4) is 0 Å². The SMILES string of the molecule is C[C@H]1CCC[C@H](O[S+]2c3ccccc3Sc3ccccc32)C1. The molecule has 2 aromatic carbocycles. The van der Waals surface area contributed by atoms with Crippen molar-refractivity contribution in [1.82, 2.24) is 0 Å². The van der Waals surface area contributed by atoms with Gasteiger partial charge in [0.25, 0.3) is 0 Å². The van der Waals surface area contributed by atoms with Crippen LogP contribution in [0.5, 0.6) is 0 Å². The molecular weight excluding hydrogens is 308 g/mol. The van der Waals surface area contributed by atoms with Crippen LogP contribution in [0.1, 0.15) is 32.6 Å². The summed E-state index contributed by atoms with van der Waals surface area (Å²) in [4.78, 5) is 5.44. The molecular formula is C19H21OS2+. The predicted molar refractivity (Wildman–Crippen MR) is 93.4 cm³/mol. The Morgan fingerprint density at radius 2 is 1.59 bits per heavy atom. The molecule has 2 atom stereocenters. The average molecular weight is 330 g/mol. The van der Waals surface area contributed by atoms with Crippen molar-refractivity contribution in [3.05, 3.63) is 48.5 Å². The first-order valence-corrected chi connectivity index (χ1v) is 10.1. The molecule has 1 heterocycles. The van der Waals surface area contributed by atoms with E-state index in [1.807, 2.05) is 11.8 Å². The molecule has 1 fully saturated rings. The van der Waals surface area contributed by atoms with Crippen molar-refractivity contribution in [2.45, 2.75) is 58.3 Å². The maximum absolute atomic E-state index is 6.67. The van der Waals surface area contributed by atoms with Gasteiger partial charge in [-0.1, -0.05) is 55.8 Å². The molecule has 114 valence electrons. The van der Waals surface area contributed by atoms with E-state index in [0.29, 0.717) is 6.10 Å². The molecule has 0 aromatic heterocycles. The summed E-state index contributed by atoms with van der Waals surface area (Å²) in [6, 6.07) is 17.5. The van der Waals surface area contributed by atoms with Gasteiger partial charge in [-0.05, 0) is 43.0 Å². The van der Waals surface area contributed by atoms with E-state index in [0.717, 1.165) is 5.92 Å². The lowest BCUT2D eigenvalue weighted by Crippen LogP contribution is -2.26. The smallest absolute Gasteiger partial charge is 0.158 e. The zero-order valence-corrected chi connectivity index (χ0v) is 14.5. The highest BCUT2D eigenvalue weighted by Crippen LogP contribution is 2.46. The molecule has 1 saturated carbocycles. The second-order valence-electron chi connectivity index (χ2n) is 6.25. The highest BCUT2D eigenvalue weighted by molar-refractivity contribution is 8.02. The van der Waals surface area contributed by atoms with E-state index in [4.69, 9.17) is 4.18 Å². The molecule has 0 saturated heterocycles. The van der Waals surface area contributed by atoms with Crippen molar-refractivity contribution < 1.29 is 4.18 Å². The van der Waals surface area contributed by atoms with Crippen LogP contribution in [0.4, 0.5) is 0 Å². The van der Waals surface area contributed by atoms with Crippen LogP contribution in [0.2, 0.25) is 0 Å². The van der Waals surface area contributed by atoms with Crippen LogP contribution in [-0.4, -0.2) is 6.10 Å². The Labute approximate surface area is 140 Å². The van der Waals surface area contributed by atoms with E-state index < -0.39 is 0 Å². The number of benzene rings is 2. The number of hydrogen-bond donors (Lipinski definition) is 0. The van der Waals surface area contributed by atoms with Crippen LogP contribution < -0.4 is 0 Å². The van der Waals surface area contributed by atoms with Gasteiger partial charge in [-0.3, -0.25) is 0 Å². The number of fused-ring (bicyclic) bond motifs is 2. The van der Waals surface area contributed by atoms with Gasteiger partial charge in [0.15, 0.2) is 0 Å². The Bertz CT molecular complexity index is 624. The first-order chi connectivity index (χ1) is 10.8. The lowest BCUT2D eigenvalue weighted by Gasteiger charge is -2.26. The van der Waals surface area contributed by atoms with Crippen LogP contribution >= 0.6 is 11.8 Å². The minimum Gasteiger partial charge on any atom is -0.158 e. The Morgan fingerprint density at radius 3 is 2.23 bits per heavy atom. The summed E-state index contributed by atoms with van der Waals surface area (Å²) in [5.41, 5.74) is 0. The Balaban J connectivity index is 1.68. The highest BCUT2D eigenvalue weighted by atomic mass is 32.2. The lowest BCUT2D eigenvalue weighted by molar-refractivity contribution is 0.148. The maximum atomic E-state index is 6.67. The Hall–Kier alpha value is -0.900. The van der Waals surface area contributed by atoms with Gasteiger partial charge in [0.2, 0.25) is 21.0 Å². The highest BCUT2D eigenvalue weighted by Gasteiger charge is 2.40. The summed E-state index contributed by atoms with van der Waals surface area (Å²) in [5.74, 6) is 0.798. The molecule has 22 heavy (non-hydrogen) atoms. The molecule has 0 radical (unpaired) electrons. The van der Waals surface area contributed by atoms with Crippen molar-refractivity contribution in [1.29, 1.82) is 0 Å². The Morgan fingerprint density at radius 1 is 0.955 bits per heavy atom.